The number of carbonyl (C=O) groups excluding carboxylic acids is 1. The van der Waals surface area contributed by atoms with Crippen molar-refractivity contribution < 1.29 is 9.53 Å². The van der Waals surface area contributed by atoms with Gasteiger partial charge in [-0.05, 0) is 19.1 Å². The second kappa shape index (κ2) is 4.10. The molecule has 0 fully saturated rings. The Hall–Kier alpha value is -1.23. The predicted octanol–water partition coefficient (Wildman–Crippen LogP) is 1.62. The number of esters is 1. The van der Waals surface area contributed by atoms with Crippen LogP contribution in [0, 0.1) is 0 Å². The number of halogens is 1. The third-order valence-corrected chi connectivity index (χ3v) is 2.85. The maximum Gasteiger partial charge on any atom is 0.357 e. The summed E-state index contributed by atoms with van der Waals surface area (Å²) in [6.07, 6.45) is 5.33. The molecule has 0 aromatic rings. The third kappa shape index (κ3) is 1.79. The number of carbonyl (C=O) groups is 1. The molecule has 0 amide bonds. The first-order valence-corrected chi connectivity index (χ1v) is 5.38. The second-order valence-corrected chi connectivity index (χ2v) is 3.87. The molecule has 2 rings (SSSR count). The molecule has 0 spiro atoms. The fourth-order valence-corrected chi connectivity index (χ4v) is 2.00. The van der Waals surface area contributed by atoms with Crippen molar-refractivity contribution in [2.24, 2.45) is 9.98 Å². The molecule has 0 radical (unpaired) electrons. The molecule has 5 heteroatoms. The Kier molecular flexibility index (Phi) is 2.81. The quantitative estimate of drug-likeness (QED) is 0.715. The maximum atomic E-state index is 11.5. The van der Waals surface area contributed by atoms with Gasteiger partial charge < -0.3 is 4.74 Å². The Bertz CT molecular complexity index is 421. The lowest BCUT2D eigenvalue weighted by molar-refractivity contribution is -0.138. The molecule has 2 aliphatic rings. The minimum absolute atomic E-state index is 0.172. The fraction of sp³-hybridized carbons (Fsp3) is 0.300. The molecule has 0 unspecified atom stereocenters. The van der Waals surface area contributed by atoms with Crippen molar-refractivity contribution in [3.63, 3.8) is 0 Å². The van der Waals surface area contributed by atoms with E-state index in [0.717, 1.165) is 5.71 Å². The topological polar surface area (TPSA) is 51.0 Å². The van der Waals surface area contributed by atoms with Gasteiger partial charge in [0.25, 0.3) is 0 Å². The van der Waals surface area contributed by atoms with Crippen molar-refractivity contribution in [2.75, 3.05) is 6.61 Å². The number of dihydropyridines is 1. The first kappa shape index (κ1) is 10.3. The fourth-order valence-electron chi connectivity index (χ4n) is 1.39. The number of ether oxygens (including phenoxy) is 1. The van der Waals surface area contributed by atoms with E-state index in [1.54, 1.807) is 19.2 Å². The van der Waals surface area contributed by atoms with Gasteiger partial charge in [0.05, 0.1) is 16.8 Å². The minimum atomic E-state index is -0.408. The van der Waals surface area contributed by atoms with Gasteiger partial charge in [-0.15, -0.1) is 0 Å². The zero-order chi connectivity index (χ0) is 10.8. The third-order valence-electron chi connectivity index (χ3n) is 2.04. The maximum absolute atomic E-state index is 11.5. The van der Waals surface area contributed by atoms with Crippen molar-refractivity contribution in [1.29, 1.82) is 0 Å². The van der Waals surface area contributed by atoms with E-state index in [1.165, 1.54) is 0 Å². The molecule has 2 aliphatic heterocycles. The van der Waals surface area contributed by atoms with E-state index < -0.39 is 5.97 Å². The number of hydrogen-bond donors (Lipinski definition) is 0. The van der Waals surface area contributed by atoms with Gasteiger partial charge in [-0.25, -0.2) is 9.79 Å². The molecule has 0 aromatic carbocycles. The molecule has 0 N–H and O–H groups in total. The highest BCUT2D eigenvalue weighted by Crippen LogP contribution is 2.30. The number of hydrogen-bond acceptors (Lipinski definition) is 4. The van der Waals surface area contributed by atoms with Gasteiger partial charge in [0.15, 0.2) is 5.70 Å². The van der Waals surface area contributed by atoms with Crippen LogP contribution in [0.2, 0.25) is 0 Å². The van der Waals surface area contributed by atoms with Gasteiger partial charge in [-0.1, -0.05) is 15.9 Å². The highest BCUT2D eigenvalue weighted by atomic mass is 79.9. The zero-order valence-electron chi connectivity index (χ0n) is 8.11. The van der Waals surface area contributed by atoms with Crippen molar-refractivity contribution in [3.8, 4) is 0 Å². The van der Waals surface area contributed by atoms with E-state index in [2.05, 4.69) is 25.9 Å². The Morgan fingerprint density at radius 2 is 2.47 bits per heavy atom. The van der Waals surface area contributed by atoms with Crippen molar-refractivity contribution in [1.82, 2.24) is 0 Å². The molecule has 15 heavy (non-hydrogen) atoms. The summed E-state index contributed by atoms with van der Waals surface area (Å²) >= 11 is 3.33. The van der Waals surface area contributed by atoms with Crippen molar-refractivity contribution in [3.05, 3.63) is 22.3 Å². The van der Waals surface area contributed by atoms with Gasteiger partial charge in [-0.2, -0.15) is 0 Å². The minimum Gasteiger partial charge on any atom is -0.461 e. The van der Waals surface area contributed by atoms with Crippen LogP contribution in [0.1, 0.15) is 6.92 Å². The molecule has 0 saturated carbocycles. The molecule has 0 aromatic heterocycles. The van der Waals surface area contributed by atoms with E-state index in [-0.39, 0.29) is 6.04 Å². The van der Waals surface area contributed by atoms with Crippen LogP contribution >= 0.6 is 15.9 Å². The first-order chi connectivity index (χ1) is 7.24. The number of fused-ring (bicyclic) bond motifs is 1. The van der Waals surface area contributed by atoms with Crippen LogP contribution in [-0.2, 0) is 9.53 Å². The number of aliphatic imine (C=N–C) groups is 2. The Balaban J connectivity index is 2.29. The van der Waals surface area contributed by atoms with Crippen LogP contribution in [0.5, 0.6) is 0 Å². The van der Waals surface area contributed by atoms with Crippen LogP contribution in [-0.4, -0.2) is 30.5 Å². The molecule has 2 heterocycles. The second-order valence-electron chi connectivity index (χ2n) is 3.01. The number of nitrogens with zero attached hydrogens (tertiary/aromatic N) is 2. The average molecular weight is 269 g/mol. The average Bonchev–Trinajstić information content (AvgIpc) is 2.57. The van der Waals surface area contributed by atoms with E-state index in [9.17, 15) is 4.79 Å². The summed E-state index contributed by atoms with van der Waals surface area (Å²) in [5.74, 6) is -0.408. The predicted molar refractivity (Wildman–Crippen MR) is 61.4 cm³/mol. The number of rotatable bonds is 2. The van der Waals surface area contributed by atoms with Crippen molar-refractivity contribution in [2.45, 2.75) is 13.0 Å². The van der Waals surface area contributed by atoms with Crippen LogP contribution in [0.4, 0.5) is 0 Å². The monoisotopic (exact) mass is 268 g/mol. The van der Waals surface area contributed by atoms with E-state index in [0.29, 0.717) is 16.8 Å². The van der Waals surface area contributed by atoms with E-state index in [4.69, 9.17) is 4.74 Å². The lowest BCUT2D eigenvalue weighted by atomic mass is 10.1. The SMILES string of the molecule is CCOC(=O)C1=C(Br)[C@@H]2N=CC=CC2=N1. The largest absolute Gasteiger partial charge is 0.461 e. The Morgan fingerprint density at radius 3 is 3.13 bits per heavy atom. The van der Waals surface area contributed by atoms with Crippen molar-refractivity contribution >= 4 is 33.8 Å². The summed E-state index contributed by atoms with van der Waals surface area (Å²) in [6.45, 7) is 2.11. The van der Waals surface area contributed by atoms with Crippen LogP contribution in [0.25, 0.3) is 0 Å². The zero-order valence-corrected chi connectivity index (χ0v) is 9.69. The lowest BCUT2D eigenvalue weighted by Gasteiger charge is -2.07. The molecule has 1 atom stereocenters. The van der Waals surface area contributed by atoms with Gasteiger partial charge in [-0.3, -0.25) is 4.99 Å². The molecule has 78 valence electrons. The normalized spacial score (nSPS) is 22.8. The van der Waals surface area contributed by atoms with E-state index >= 15 is 0 Å². The Morgan fingerprint density at radius 1 is 1.67 bits per heavy atom. The molecular weight excluding hydrogens is 260 g/mol. The lowest BCUT2D eigenvalue weighted by Crippen LogP contribution is -2.15. The summed E-state index contributed by atoms with van der Waals surface area (Å²) in [4.78, 5) is 19.9. The molecule has 0 bridgehead atoms. The van der Waals surface area contributed by atoms with E-state index in [1.807, 2.05) is 6.08 Å². The number of allylic oxidation sites excluding steroid dienone is 1. The van der Waals surface area contributed by atoms with Crippen LogP contribution in [0.15, 0.2) is 32.3 Å². The van der Waals surface area contributed by atoms with Crippen LogP contribution < -0.4 is 0 Å². The molecule has 0 saturated heterocycles. The molecular formula is C10H9BrN2O2. The van der Waals surface area contributed by atoms with Gasteiger partial charge in [0.1, 0.15) is 6.04 Å². The van der Waals surface area contributed by atoms with Gasteiger partial charge >= 0.3 is 5.97 Å². The highest BCUT2D eigenvalue weighted by molar-refractivity contribution is 9.11. The Labute approximate surface area is 95.6 Å². The summed E-state index contributed by atoms with van der Waals surface area (Å²) in [5.41, 5.74) is 1.09. The smallest absolute Gasteiger partial charge is 0.357 e. The summed E-state index contributed by atoms with van der Waals surface area (Å²) < 4.78 is 5.57. The summed E-state index contributed by atoms with van der Waals surface area (Å²) in [5, 5.41) is 0. The molecule has 0 aliphatic carbocycles. The molecule has 4 nitrogen and oxygen atoms in total. The summed E-state index contributed by atoms with van der Waals surface area (Å²) in [7, 11) is 0. The first-order valence-electron chi connectivity index (χ1n) is 4.59. The summed E-state index contributed by atoms with van der Waals surface area (Å²) in [6, 6.07) is -0.172. The highest BCUT2D eigenvalue weighted by Gasteiger charge is 2.31. The van der Waals surface area contributed by atoms with Crippen LogP contribution in [0.3, 0.4) is 0 Å². The standard InChI is InChI=1S/C10H9BrN2O2/c1-2-15-10(14)9-7(11)8-6(13-9)4-3-5-12-8/h3-5,8H,2H2,1H3/t8-/m1/s1. The van der Waals surface area contributed by atoms with Gasteiger partial charge in [0, 0.05) is 6.21 Å². The van der Waals surface area contributed by atoms with Gasteiger partial charge in [0.2, 0.25) is 0 Å².